The number of ether oxygens (including phenoxy) is 1. The fourth-order valence-corrected chi connectivity index (χ4v) is 2.77. The second kappa shape index (κ2) is 5.34. The topological polar surface area (TPSA) is 92.2 Å². The number of hydrogen-bond acceptors (Lipinski definition) is 5. The molecule has 1 aromatic rings. The Morgan fingerprint density at radius 2 is 2.29 bits per heavy atom. The maximum atomic E-state index is 11.4. The van der Waals surface area contributed by atoms with E-state index in [1.54, 1.807) is 18.3 Å². The molecular formula is C15H20N4O2. The Labute approximate surface area is 124 Å². The van der Waals surface area contributed by atoms with Crippen LogP contribution in [-0.2, 0) is 10.3 Å². The highest BCUT2D eigenvalue weighted by Gasteiger charge is 2.47. The molecule has 0 bridgehead atoms. The van der Waals surface area contributed by atoms with Gasteiger partial charge in [0.15, 0.2) is 5.60 Å². The minimum atomic E-state index is -0.904. The average molecular weight is 288 g/mol. The molecule has 0 radical (unpaired) electrons. The van der Waals surface area contributed by atoms with Gasteiger partial charge in [0.2, 0.25) is 0 Å². The molecule has 1 saturated heterocycles. The van der Waals surface area contributed by atoms with Crippen LogP contribution in [0.5, 0.6) is 0 Å². The van der Waals surface area contributed by atoms with Crippen LogP contribution in [0.1, 0.15) is 38.4 Å². The SMILES string of the molecule is CC(C)(C)N1CC[C@](OC(N)=O)(c2cccnc2C#N)C1. The maximum absolute atomic E-state index is 11.4. The van der Waals surface area contributed by atoms with E-state index in [4.69, 9.17) is 10.5 Å². The van der Waals surface area contributed by atoms with E-state index in [2.05, 4.69) is 36.7 Å². The van der Waals surface area contributed by atoms with Gasteiger partial charge in [-0.05, 0) is 26.8 Å². The van der Waals surface area contributed by atoms with Crippen LogP contribution in [0.25, 0.3) is 0 Å². The molecule has 6 heteroatoms. The quantitative estimate of drug-likeness (QED) is 0.895. The van der Waals surface area contributed by atoms with Crippen molar-refractivity contribution in [2.75, 3.05) is 13.1 Å². The van der Waals surface area contributed by atoms with Crippen molar-refractivity contribution in [1.29, 1.82) is 5.26 Å². The van der Waals surface area contributed by atoms with E-state index in [9.17, 15) is 10.1 Å². The Balaban J connectivity index is 2.45. The second-order valence-corrected chi connectivity index (χ2v) is 6.27. The van der Waals surface area contributed by atoms with Crippen LogP contribution in [0.4, 0.5) is 4.79 Å². The van der Waals surface area contributed by atoms with Gasteiger partial charge < -0.3 is 10.5 Å². The molecule has 0 aliphatic carbocycles. The number of aromatic nitrogens is 1. The number of primary amides is 1. The highest BCUT2D eigenvalue weighted by Crippen LogP contribution is 2.39. The molecule has 0 unspecified atom stereocenters. The van der Waals surface area contributed by atoms with Gasteiger partial charge in [-0.3, -0.25) is 4.90 Å². The number of nitrogens with two attached hydrogens (primary N) is 1. The predicted molar refractivity (Wildman–Crippen MR) is 77.2 cm³/mol. The smallest absolute Gasteiger partial charge is 0.405 e. The largest absolute Gasteiger partial charge is 0.437 e. The molecule has 0 spiro atoms. The third-order valence-electron chi connectivity index (χ3n) is 3.88. The number of hydrogen-bond donors (Lipinski definition) is 1. The van der Waals surface area contributed by atoms with Gasteiger partial charge in [-0.2, -0.15) is 5.26 Å². The molecule has 0 saturated carbocycles. The zero-order valence-corrected chi connectivity index (χ0v) is 12.6. The Morgan fingerprint density at radius 3 is 2.81 bits per heavy atom. The van der Waals surface area contributed by atoms with E-state index in [1.807, 2.05) is 0 Å². The average Bonchev–Trinajstić information content (AvgIpc) is 2.83. The zero-order chi connectivity index (χ0) is 15.7. The number of nitrogens with zero attached hydrogens (tertiary/aromatic N) is 3. The monoisotopic (exact) mass is 288 g/mol. The molecule has 1 fully saturated rings. The molecule has 1 aromatic heterocycles. The van der Waals surface area contributed by atoms with E-state index >= 15 is 0 Å². The summed E-state index contributed by atoms with van der Waals surface area (Å²) < 4.78 is 5.46. The van der Waals surface area contributed by atoms with Crippen molar-refractivity contribution in [3.05, 3.63) is 29.6 Å². The Hall–Kier alpha value is -2.13. The number of rotatable bonds is 2. The van der Waals surface area contributed by atoms with E-state index in [-0.39, 0.29) is 11.2 Å². The van der Waals surface area contributed by atoms with Crippen LogP contribution in [-0.4, -0.2) is 34.6 Å². The van der Waals surface area contributed by atoms with Crippen molar-refractivity contribution in [2.24, 2.45) is 5.73 Å². The number of carbonyl (C=O) groups excluding carboxylic acids is 1. The Bertz CT molecular complexity index is 588. The number of likely N-dealkylation sites (tertiary alicyclic amines) is 1. The number of pyridine rings is 1. The minimum absolute atomic E-state index is 0.0578. The highest BCUT2D eigenvalue weighted by atomic mass is 16.6. The summed E-state index contributed by atoms with van der Waals surface area (Å²) in [7, 11) is 0. The summed E-state index contributed by atoms with van der Waals surface area (Å²) in [6.45, 7) is 7.56. The van der Waals surface area contributed by atoms with E-state index in [0.717, 1.165) is 6.54 Å². The first-order valence-electron chi connectivity index (χ1n) is 6.87. The molecule has 112 valence electrons. The van der Waals surface area contributed by atoms with Gasteiger partial charge in [0.05, 0.1) is 0 Å². The van der Waals surface area contributed by atoms with Crippen molar-refractivity contribution in [3.63, 3.8) is 0 Å². The Morgan fingerprint density at radius 1 is 1.57 bits per heavy atom. The van der Waals surface area contributed by atoms with Crippen LogP contribution in [0.2, 0.25) is 0 Å². The first-order chi connectivity index (χ1) is 9.78. The maximum Gasteiger partial charge on any atom is 0.405 e. The molecule has 2 N–H and O–H groups in total. The summed E-state index contributed by atoms with van der Waals surface area (Å²) in [5, 5.41) is 9.26. The van der Waals surface area contributed by atoms with Crippen LogP contribution >= 0.6 is 0 Å². The fourth-order valence-electron chi connectivity index (χ4n) is 2.77. The third kappa shape index (κ3) is 2.98. The lowest BCUT2D eigenvalue weighted by molar-refractivity contribution is 0.0112. The van der Waals surface area contributed by atoms with Gasteiger partial charge in [-0.25, -0.2) is 9.78 Å². The molecule has 6 nitrogen and oxygen atoms in total. The Kier molecular flexibility index (Phi) is 3.88. The predicted octanol–water partition coefficient (Wildman–Crippen LogP) is 1.75. The van der Waals surface area contributed by atoms with Gasteiger partial charge in [-0.1, -0.05) is 6.07 Å². The summed E-state index contributed by atoms with van der Waals surface area (Å²) in [4.78, 5) is 17.6. The molecule has 1 aliphatic heterocycles. The molecular weight excluding hydrogens is 268 g/mol. The molecule has 0 aromatic carbocycles. The summed E-state index contributed by atoms with van der Waals surface area (Å²) in [5.74, 6) is 0. The van der Waals surface area contributed by atoms with Crippen LogP contribution in [0.15, 0.2) is 18.3 Å². The van der Waals surface area contributed by atoms with Crippen molar-refractivity contribution < 1.29 is 9.53 Å². The van der Waals surface area contributed by atoms with Gasteiger partial charge in [0, 0.05) is 36.8 Å². The first-order valence-corrected chi connectivity index (χ1v) is 6.87. The summed E-state index contributed by atoms with van der Waals surface area (Å²) >= 11 is 0. The van der Waals surface area contributed by atoms with Crippen molar-refractivity contribution in [3.8, 4) is 6.07 Å². The lowest BCUT2D eigenvalue weighted by atomic mass is 9.91. The van der Waals surface area contributed by atoms with Gasteiger partial charge in [-0.15, -0.1) is 0 Å². The fraction of sp³-hybridized carbons (Fsp3) is 0.533. The van der Waals surface area contributed by atoms with Gasteiger partial charge in [0.1, 0.15) is 11.8 Å². The van der Waals surface area contributed by atoms with E-state index in [1.165, 1.54) is 0 Å². The van der Waals surface area contributed by atoms with Crippen LogP contribution < -0.4 is 5.73 Å². The van der Waals surface area contributed by atoms with Gasteiger partial charge in [0.25, 0.3) is 0 Å². The van der Waals surface area contributed by atoms with Crippen molar-refractivity contribution in [2.45, 2.75) is 38.3 Å². The lowest BCUT2D eigenvalue weighted by Gasteiger charge is -2.34. The summed E-state index contributed by atoms with van der Waals surface area (Å²) in [6, 6.07) is 5.58. The standard InChI is InChI=1S/C15H20N4O2/c1-14(2,3)19-8-6-15(10-19,21-13(17)20)11-5-4-7-18-12(11)9-16/h4-5,7H,6,8,10H2,1-3H3,(H2,17,20)/t15-/m1/s1. The number of amides is 1. The van der Waals surface area contributed by atoms with Crippen LogP contribution in [0.3, 0.4) is 0 Å². The molecule has 21 heavy (non-hydrogen) atoms. The van der Waals surface area contributed by atoms with E-state index in [0.29, 0.717) is 18.5 Å². The second-order valence-electron chi connectivity index (χ2n) is 6.27. The highest BCUT2D eigenvalue weighted by molar-refractivity contribution is 5.66. The molecule has 2 rings (SSSR count). The molecule has 1 amide bonds. The molecule has 1 aliphatic rings. The molecule has 2 heterocycles. The lowest BCUT2D eigenvalue weighted by Crippen LogP contribution is -2.44. The van der Waals surface area contributed by atoms with Crippen molar-refractivity contribution in [1.82, 2.24) is 9.88 Å². The minimum Gasteiger partial charge on any atom is -0.437 e. The van der Waals surface area contributed by atoms with E-state index < -0.39 is 11.7 Å². The summed E-state index contributed by atoms with van der Waals surface area (Å²) in [5.41, 5.74) is 5.19. The third-order valence-corrected chi connectivity index (χ3v) is 3.88. The van der Waals surface area contributed by atoms with Crippen molar-refractivity contribution >= 4 is 6.09 Å². The number of carbonyl (C=O) groups is 1. The van der Waals surface area contributed by atoms with Gasteiger partial charge >= 0.3 is 6.09 Å². The normalized spacial score (nSPS) is 22.8. The first kappa shape index (κ1) is 15.3. The number of nitriles is 1. The zero-order valence-electron chi connectivity index (χ0n) is 12.6. The summed E-state index contributed by atoms with van der Waals surface area (Å²) in [6.07, 6.45) is 1.31. The van der Waals surface area contributed by atoms with Crippen LogP contribution in [0, 0.1) is 11.3 Å². The molecule has 1 atom stereocenters.